The minimum absolute atomic E-state index is 0.174. The number of carboxylic acid groups (broad SMARTS) is 1. The second-order valence-electron chi connectivity index (χ2n) is 6.61. The molecule has 124 valence electrons. The summed E-state index contributed by atoms with van der Waals surface area (Å²) >= 11 is 0. The molecule has 3 aliphatic heterocycles. The van der Waals surface area contributed by atoms with Gasteiger partial charge in [-0.25, -0.2) is 0 Å². The van der Waals surface area contributed by atoms with Crippen molar-refractivity contribution < 1.29 is 19.4 Å². The van der Waals surface area contributed by atoms with Gasteiger partial charge in [0.25, 0.3) is 0 Å². The van der Waals surface area contributed by atoms with Crippen molar-refractivity contribution in [3.05, 3.63) is 60.7 Å². The van der Waals surface area contributed by atoms with Gasteiger partial charge in [0.15, 0.2) is 0 Å². The lowest BCUT2D eigenvalue weighted by molar-refractivity contribution is -0.313. The lowest BCUT2D eigenvalue weighted by Crippen LogP contribution is -2.46. The third-order valence-electron chi connectivity index (χ3n) is 5.39. The molecule has 1 spiro atoms. The first kappa shape index (κ1) is 15.1. The number of likely N-dealkylation sites (tertiary alicyclic amines) is 1. The number of ether oxygens (including phenoxy) is 1. The number of amides is 1. The highest BCUT2D eigenvalue weighted by Gasteiger charge is 2.69. The van der Waals surface area contributed by atoms with Crippen molar-refractivity contribution in [3.8, 4) is 0 Å². The van der Waals surface area contributed by atoms with E-state index in [2.05, 4.69) is 6.58 Å². The zero-order valence-electron chi connectivity index (χ0n) is 13.1. The van der Waals surface area contributed by atoms with Crippen LogP contribution in [0.2, 0.25) is 0 Å². The monoisotopic (exact) mass is 324 g/mol. The van der Waals surface area contributed by atoms with Crippen LogP contribution in [0.3, 0.4) is 0 Å². The van der Waals surface area contributed by atoms with Crippen LogP contribution in [0.4, 0.5) is 0 Å². The quantitative estimate of drug-likeness (QED) is 0.746. The number of benzene rings is 1. The summed E-state index contributed by atoms with van der Waals surface area (Å²) in [7, 11) is 0. The molecule has 0 aromatic heterocycles. The van der Waals surface area contributed by atoms with E-state index in [0.717, 1.165) is 5.56 Å². The average molecular weight is 324 g/mol. The van der Waals surface area contributed by atoms with Crippen LogP contribution >= 0.6 is 0 Å². The highest BCUT2D eigenvalue weighted by Crippen LogP contribution is 2.55. The third-order valence-corrected chi connectivity index (χ3v) is 5.39. The molecule has 3 heterocycles. The molecule has 4 rings (SSSR count). The Morgan fingerprint density at radius 3 is 2.79 bits per heavy atom. The summed E-state index contributed by atoms with van der Waals surface area (Å²) in [5.41, 5.74) is 0.120. The molecule has 5 atom stereocenters. The normalized spacial score (nSPS) is 36.2. The van der Waals surface area contributed by atoms with Crippen molar-refractivity contribution in [2.45, 2.75) is 30.7 Å². The average Bonchev–Trinajstić information content (AvgIpc) is 3.20. The van der Waals surface area contributed by atoms with Crippen LogP contribution in [-0.2, 0) is 20.9 Å². The van der Waals surface area contributed by atoms with Crippen LogP contribution in [0.1, 0.15) is 12.0 Å². The number of aliphatic carboxylic acids is 1. The molecule has 0 unspecified atom stereocenters. The van der Waals surface area contributed by atoms with E-state index < -0.39 is 29.5 Å². The smallest absolute Gasteiger partial charge is 0.230 e. The topological polar surface area (TPSA) is 69.7 Å². The van der Waals surface area contributed by atoms with Crippen LogP contribution in [0.5, 0.6) is 0 Å². The molecule has 0 saturated carbocycles. The second-order valence-corrected chi connectivity index (χ2v) is 6.61. The molecule has 2 saturated heterocycles. The molecule has 0 radical (unpaired) electrons. The van der Waals surface area contributed by atoms with Crippen molar-refractivity contribution in [1.82, 2.24) is 4.90 Å². The summed E-state index contributed by atoms with van der Waals surface area (Å²) in [4.78, 5) is 26.4. The maximum Gasteiger partial charge on any atom is 0.230 e. The molecular formula is C19H18NO4-. The fourth-order valence-corrected chi connectivity index (χ4v) is 4.43. The van der Waals surface area contributed by atoms with E-state index in [9.17, 15) is 14.7 Å². The number of carboxylic acids is 1. The van der Waals surface area contributed by atoms with Crippen molar-refractivity contribution in [3.63, 3.8) is 0 Å². The number of hydrogen-bond donors (Lipinski definition) is 0. The van der Waals surface area contributed by atoms with Crippen molar-refractivity contribution in [2.24, 2.45) is 11.8 Å². The molecule has 1 aromatic carbocycles. The summed E-state index contributed by atoms with van der Waals surface area (Å²) in [6, 6.07) is 9.41. The van der Waals surface area contributed by atoms with Gasteiger partial charge in [-0.15, -0.1) is 6.58 Å². The van der Waals surface area contributed by atoms with Crippen molar-refractivity contribution in [1.29, 1.82) is 0 Å². The standard InChI is InChI=1S/C19H19NO4/c1-2-6-14-19-10-9-13(24-19)15(18(22)23)16(19)17(21)20(14)11-12-7-4-3-5-8-12/h2-5,7-10,13-16H,1,6,11H2,(H,22,23)/p-1/t13-,14+,15-,16-,19-/m0/s1. The van der Waals surface area contributed by atoms with Gasteiger partial charge in [-0.3, -0.25) is 4.79 Å². The van der Waals surface area contributed by atoms with Crippen LogP contribution < -0.4 is 5.11 Å². The summed E-state index contributed by atoms with van der Waals surface area (Å²) in [6.45, 7) is 4.22. The largest absolute Gasteiger partial charge is 0.550 e. The van der Waals surface area contributed by atoms with Crippen LogP contribution in [0.25, 0.3) is 0 Å². The molecule has 3 aliphatic rings. The highest BCUT2D eigenvalue weighted by atomic mass is 16.5. The Hall–Kier alpha value is -2.40. The molecule has 2 bridgehead atoms. The van der Waals surface area contributed by atoms with E-state index in [0.29, 0.717) is 13.0 Å². The molecule has 5 nitrogen and oxygen atoms in total. The summed E-state index contributed by atoms with van der Waals surface area (Å²) in [5.74, 6) is -3.03. The summed E-state index contributed by atoms with van der Waals surface area (Å²) in [5, 5.41) is 11.6. The summed E-state index contributed by atoms with van der Waals surface area (Å²) < 4.78 is 6.02. The van der Waals surface area contributed by atoms with Gasteiger partial charge in [0, 0.05) is 18.4 Å². The first-order chi connectivity index (χ1) is 11.6. The van der Waals surface area contributed by atoms with Gasteiger partial charge in [-0.05, 0) is 12.0 Å². The molecule has 0 N–H and O–H groups in total. The van der Waals surface area contributed by atoms with Crippen molar-refractivity contribution in [2.75, 3.05) is 0 Å². The van der Waals surface area contributed by atoms with Gasteiger partial charge in [0.1, 0.15) is 5.60 Å². The number of hydrogen-bond acceptors (Lipinski definition) is 4. The number of carbonyl (C=O) groups excluding carboxylic acids is 2. The third kappa shape index (κ3) is 1.91. The van der Waals surface area contributed by atoms with Gasteiger partial charge in [0.05, 0.1) is 18.1 Å². The lowest BCUT2D eigenvalue weighted by atomic mass is 9.74. The zero-order valence-corrected chi connectivity index (χ0v) is 13.1. The van der Waals surface area contributed by atoms with Gasteiger partial charge in [-0.1, -0.05) is 48.6 Å². The lowest BCUT2D eigenvalue weighted by Gasteiger charge is -2.32. The van der Waals surface area contributed by atoms with Crippen LogP contribution in [0, 0.1) is 11.8 Å². The Labute approximate surface area is 140 Å². The van der Waals surface area contributed by atoms with E-state index in [1.54, 1.807) is 17.1 Å². The van der Waals surface area contributed by atoms with Gasteiger partial charge >= 0.3 is 0 Å². The van der Waals surface area contributed by atoms with Crippen LogP contribution in [0.15, 0.2) is 55.1 Å². The first-order valence-corrected chi connectivity index (χ1v) is 8.12. The van der Waals surface area contributed by atoms with Gasteiger partial charge in [-0.2, -0.15) is 0 Å². The Bertz CT molecular complexity index is 728. The fourth-order valence-electron chi connectivity index (χ4n) is 4.43. The van der Waals surface area contributed by atoms with E-state index in [-0.39, 0.29) is 11.9 Å². The predicted molar refractivity (Wildman–Crippen MR) is 84.3 cm³/mol. The molecule has 1 amide bonds. The highest BCUT2D eigenvalue weighted by molar-refractivity contribution is 5.91. The van der Waals surface area contributed by atoms with Gasteiger partial charge in [0.2, 0.25) is 5.91 Å². The van der Waals surface area contributed by atoms with E-state index >= 15 is 0 Å². The SMILES string of the molecule is C=CC[C@H]1N(Cc2ccccc2)C(=O)[C@@H]2[C@@H](C(=O)[O-])[C@@H]3C=C[C@@]21O3. The molecule has 2 fully saturated rings. The van der Waals surface area contributed by atoms with E-state index in [1.807, 2.05) is 36.4 Å². The Morgan fingerprint density at radius 1 is 1.38 bits per heavy atom. The van der Waals surface area contributed by atoms with E-state index in [1.165, 1.54) is 0 Å². The first-order valence-electron chi connectivity index (χ1n) is 8.12. The predicted octanol–water partition coefficient (Wildman–Crippen LogP) is 0.663. The number of fused-ring (bicyclic) bond motifs is 1. The molecule has 5 heteroatoms. The fraction of sp³-hybridized carbons (Fsp3) is 0.368. The number of carbonyl (C=O) groups is 2. The van der Waals surface area contributed by atoms with Crippen LogP contribution in [-0.4, -0.2) is 34.5 Å². The van der Waals surface area contributed by atoms with Crippen molar-refractivity contribution >= 4 is 11.9 Å². The zero-order chi connectivity index (χ0) is 16.9. The minimum Gasteiger partial charge on any atom is -0.550 e. The Balaban J connectivity index is 1.73. The molecule has 24 heavy (non-hydrogen) atoms. The molecule has 0 aliphatic carbocycles. The Morgan fingerprint density at radius 2 is 2.12 bits per heavy atom. The Kier molecular flexibility index (Phi) is 3.35. The maximum atomic E-state index is 13.1. The molecule has 1 aromatic rings. The maximum absolute atomic E-state index is 13.1. The van der Waals surface area contributed by atoms with Gasteiger partial charge < -0.3 is 19.5 Å². The molecular weight excluding hydrogens is 306 g/mol. The minimum atomic E-state index is -1.22. The summed E-state index contributed by atoms with van der Waals surface area (Å²) in [6.07, 6.45) is 5.36. The second kappa shape index (κ2) is 5.31. The van der Waals surface area contributed by atoms with E-state index in [4.69, 9.17) is 4.74 Å². The number of nitrogens with zero attached hydrogens (tertiary/aromatic N) is 1. The number of rotatable bonds is 5.